The number of fused-ring (bicyclic) bond motifs is 13. The van der Waals surface area contributed by atoms with Gasteiger partial charge in [-0.05, 0) is 89.3 Å². The van der Waals surface area contributed by atoms with Gasteiger partial charge in [0.15, 0.2) is 0 Å². The normalized spacial score (nSPS) is 14.4. The molecule has 250 valence electrons. The number of nitrogens with zero attached hydrogens (tertiary/aromatic N) is 2. The van der Waals surface area contributed by atoms with E-state index in [0.29, 0.717) is 0 Å². The van der Waals surface area contributed by atoms with Gasteiger partial charge in [-0.2, -0.15) is 0 Å². The molecule has 0 saturated heterocycles. The van der Waals surface area contributed by atoms with Gasteiger partial charge in [-0.25, -0.2) is 4.98 Å². The van der Waals surface area contributed by atoms with Gasteiger partial charge in [0.05, 0.1) is 16.9 Å². The summed E-state index contributed by atoms with van der Waals surface area (Å²) in [7, 11) is -0.252. The lowest BCUT2D eigenvalue weighted by Gasteiger charge is -2.25. The Morgan fingerprint density at radius 1 is 0.509 bits per heavy atom. The summed E-state index contributed by atoms with van der Waals surface area (Å²) in [6, 6.07) is 59.2. The zero-order valence-electron chi connectivity index (χ0n) is 28.6. The summed E-state index contributed by atoms with van der Waals surface area (Å²) in [6.45, 7) is 0. The Labute approximate surface area is 314 Å². The summed E-state index contributed by atoms with van der Waals surface area (Å²) in [5.74, 6) is 0. The molecule has 0 aliphatic carbocycles. The van der Waals surface area contributed by atoms with Crippen LogP contribution in [0.2, 0.25) is 0 Å². The molecule has 1 atom stereocenters. The van der Waals surface area contributed by atoms with Gasteiger partial charge in [0.1, 0.15) is 5.65 Å². The Morgan fingerprint density at radius 3 is 1.91 bits per heavy atom. The first-order valence-corrected chi connectivity index (χ1v) is 22.0. The molecule has 0 radical (unpaired) electrons. The second kappa shape index (κ2) is 11.9. The van der Waals surface area contributed by atoms with Gasteiger partial charge < -0.3 is 0 Å². The first kappa shape index (κ1) is 30.9. The van der Waals surface area contributed by atoms with Crippen molar-refractivity contribution in [2.45, 2.75) is 4.90 Å². The van der Waals surface area contributed by atoms with Crippen LogP contribution in [0.15, 0.2) is 180 Å². The van der Waals surface area contributed by atoms with E-state index in [-0.39, 0.29) is 10.5 Å². The lowest BCUT2D eigenvalue weighted by molar-refractivity contribution is 1.25. The van der Waals surface area contributed by atoms with Crippen molar-refractivity contribution < 1.29 is 0 Å². The predicted molar refractivity (Wildman–Crippen MR) is 235 cm³/mol. The standard InChI is InChI=1S/C48H31N2PS2/c52-51(34-14-3-1-4-15-34,35-16-5-2-6-17-35)36-24-27-44-42(30-36)47-38-19-10-8-13-33(38)23-26-41(47)48-49-43-31-53(29-28-45(43)50(44)48)46-21-11-20-39-37-18-9-7-12-32(37)22-25-40(39)46/h1-31H. The molecule has 0 saturated carbocycles. The number of hydrogen-bond donors (Lipinski definition) is 0. The van der Waals surface area contributed by atoms with Gasteiger partial charge in [-0.15, -0.1) is 10.5 Å². The van der Waals surface area contributed by atoms with Gasteiger partial charge in [-0.3, -0.25) is 4.40 Å². The van der Waals surface area contributed by atoms with Crippen LogP contribution in [0.1, 0.15) is 11.4 Å². The van der Waals surface area contributed by atoms with E-state index in [1.54, 1.807) is 0 Å². The minimum absolute atomic E-state index is 0.252. The SMILES string of the molecule is S=P(c1ccccc1)(c1ccccc1)c1ccc2c(c1)c1c3ccccc3ccc1c1nc3c(n21)C=CS(c1cccc2c1ccc1ccccc12)=C3. The van der Waals surface area contributed by atoms with Crippen LogP contribution >= 0.6 is 16.5 Å². The topological polar surface area (TPSA) is 17.3 Å². The van der Waals surface area contributed by atoms with Gasteiger partial charge in [0.2, 0.25) is 0 Å². The first-order chi connectivity index (χ1) is 26.2. The van der Waals surface area contributed by atoms with Gasteiger partial charge in [0, 0.05) is 27.1 Å². The molecule has 1 aliphatic rings. The number of imidazole rings is 1. The van der Waals surface area contributed by atoms with Crippen molar-refractivity contribution in [3.63, 3.8) is 0 Å². The Hall–Kier alpha value is -5.64. The monoisotopic (exact) mass is 730 g/mol. The average molecular weight is 731 g/mol. The van der Waals surface area contributed by atoms with Crippen molar-refractivity contribution in [1.29, 1.82) is 0 Å². The van der Waals surface area contributed by atoms with Crippen molar-refractivity contribution in [2.75, 3.05) is 0 Å². The molecular weight excluding hydrogens is 700 g/mol. The van der Waals surface area contributed by atoms with Crippen molar-refractivity contribution in [3.8, 4) is 0 Å². The van der Waals surface area contributed by atoms with Crippen LogP contribution in [0, 0.1) is 0 Å². The maximum Gasteiger partial charge on any atom is 0.146 e. The molecule has 0 bridgehead atoms. The van der Waals surface area contributed by atoms with Crippen LogP contribution in [-0.2, 0) is 11.8 Å². The molecule has 3 heterocycles. The number of pyridine rings is 1. The molecular formula is C48H31N2PS2. The van der Waals surface area contributed by atoms with Crippen molar-refractivity contribution in [2.24, 2.45) is 0 Å². The van der Waals surface area contributed by atoms with Gasteiger partial charge in [0.25, 0.3) is 0 Å². The zero-order valence-corrected chi connectivity index (χ0v) is 31.1. The van der Waals surface area contributed by atoms with Crippen molar-refractivity contribution >= 4 is 115 Å². The Balaban J connectivity index is 1.19. The van der Waals surface area contributed by atoms with E-state index in [0.717, 1.165) is 27.9 Å². The Morgan fingerprint density at radius 2 is 1.15 bits per heavy atom. The average Bonchev–Trinajstić information content (AvgIpc) is 3.62. The molecule has 1 unspecified atom stereocenters. The predicted octanol–water partition coefficient (Wildman–Crippen LogP) is 11.3. The van der Waals surface area contributed by atoms with Crippen LogP contribution in [0.25, 0.3) is 65.7 Å². The van der Waals surface area contributed by atoms with Crippen LogP contribution in [0.4, 0.5) is 0 Å². The molecule has 0 fully saturated rings. The highest BCUT2D eigenvalue weighted by molar-refractivity contribution is 8.25. The highest BCUT2D eigenvalue weighted by Crippen LogP contribution is 2.46. The summed E-state index contributed by atoms with van der Waals surface area (Å²) in [5, 5.41) is 19.5. The molecule has 0 amide bonds. The van der Waals surface area contributed by atoms with Crippen LogP contribution in [0.5, 0.6) is 0 Å². The van der Waals surface area contributed by atoms with Crippen LogP contribution in [0.3, 0.4) is 0 Å². The first-order valence-electron chi connectivity index (χ1n) is 17.8. The minimum atomic E-state index is -2.38. The van der Waals surface area contributed by atoms with Crippen LogP contribution < -0.4 is 15.9 Å². The molecule has 0 N–H and O–H groups in total. The van der Waals surface area contributed by atoms with Crippen molar-refractivity contribution in [3.05, 3.63) is 187 Å². The lowest BCUT2D eigenvalue weighted by atomic mass is 9.99. The number of rotatable bonds is 4. The second-order valence-electron chi connectivity index (χ2n) is 13.7. The quantitative estimate of drug-likeness (QED) is 0.102. The van der Waals surface area contributed by atoms with Crippen molar-refractivity contribution in [1.82, 2.24) is 9.38 Å². The van der Waals surface area contributed by atoms with E-state index in [9.17, 15) is 0 Å². The number of aromatic nitrogens is 2. The summed E-state index contributed by atoms with van der Waals surface area (Å²) in [6.07, 6.45) is 2.30. The number of benzene rings is 8. The molecule has 0 spiro atoms. The fourth-order valence-electron chi connectivity index (χ4n) is 8.36. The Kier molecular flexibility index (Phi) is 6.97. The summed E-state index contributed by atoms with van der Waals surface area (Å²) in [5.41, 5.74) is 4.27. The third-order valence-corrected chi connectivity index (χ3v) is 17.5. The highest BCUT2D eigenvalue weighted by Gasteiger charge is 2.27. The zero-order chi connectivity index (χ0) is 35.1. The highest BCUT2D eigenvalue weighted by atomic mass is 32.4. The molecule has 1 aliphatic heterocycles. The third-order valence-electron chi connectivity index (χ3n) is 10.8. The molecule has 53 heavy (non-hydrogen) atoms. The summed E-state index contributed by atoms with van der Waals surface area (Å²) >= 11 is 6.86. The fraction of sp³-hybridized carbons (Fsp3) is 0. The van der Waals surface area contributed by atoms with Gasteiger partial charge >= 0.3 is 0 Å². The largest absolute Gasteiger partial charge is 0.292 e. The smallest absolute Gasteiger partial charge is 0.146 e. The van der Waals surface area contributed by atoms with E-state index in [1.807, 2.05) is 0 Å². The molecule has 10 aromatic rings. The molecule has 2 aromatic heterocycles. The number of hydrogen-bond acceptors (Lipinski definition) is 2. The summed E-state index contributed by atoms with van der Waals surface area (Å²) in [4.78, 5) is 6.78. The maximum atomic E-state index is 6.86. The maximum absolute atomic E-state index is 6.86. The Bertz CT molecular complexity index is 3210. The molecule has 5 heteroatoms. The van der Waals surface area contributed by atoms with E-state index in [1.165, 1.54) is 63.9 Å². The van der Waals surface area contributed by atoms with E-state index in [4.69, 9.17) is 16.8 Å². The molecule has 8 aromatic carbocycles. The van der Waals surface area contributed by atoms with Crippen LogP contribution in [-0.4, -0.2) is 14.8 Å². The second-order valence-corrected chi connectivity index (χ2v) is 19.8. The minimum Gasteiger partial charge on any atom is -0.292 e. The lowest BCUT2D eigenvalue weighted by Crippen LogP contribution is -2.24. The molecule has 11 rings (SSSR count). The van der Waals surface area contributed by atoms with E-state index in [2.05, 4.69) is 191 Å². The fourth-order valence-corrected chi connectivity index (χ4v) is 13.8. The van der Waals surface area contributed by atoms with E-state index < -0.39 is 6.04 Å². The molecule has 2 nitrogen and oxygen atoms in total. The third kappa shape index (κ3) is 4.63. The van der Waals surface area contributed by atoms with Gasteiger partial charge in [-0.1, -0.05) is 157 Å². The van der Waals surface area contributed by atoms with E-state index >= 15 is 0 Å². The summed E-state index contributed by atoms with van der Waals surface area (Å²) < 4.78 is 2.38.